The summed E-state index contributed by atoms with van der Waals surface area (Å²) in [5.41, 5.74) is 3.45. The average molecular weight is 355 g/mol. The van der Waals surface area contributed by atoms with Crippen LogP contribution in [-0.4, -0.2) is 11.8 Å². The van der Waals surface area contributed by atoms with Crippen molar-refractivity contribution in [2.24, 2.45) is 0 Å². The molecule has 1 unspecified atom stereocenters. The standard InChI is InChI=1S/C25H25NO/c27-25-16-15-24(22-11-5-6-12-23(22)25)26(20-9-3-4-10-20)21-14-13-18-7-1-2-8-19(18)17-21/h1-2,5-8,11-14,17,20,24H,3-4,9-10,15-16H2. The van der Waals surface area contributed by atoms with Crippen LogP contribution < -0.4 is 4.90 Å². The number of nitrogens with zero attached hydrogens (tertiary/aromatic N) is 1. The van der Waals surface area contributed by atoms with Crippen LogP contribution in [0.4, 0.5) is 5.69 Å². The summed E-state index contributed by atoms with van der Waals surface area (Å²) in [5, 5.41) is 2.57. The Bertz CT molecular complexity index is 986. The maximum absolute atomic E-state index is 12.5. The molecule has 3 aromatic carbocycles. The molecule has 27 heavy (non-hydrogen) atoms. The highest BCUT2D eigenvalue weighted by Gasteiger charge is 2.34. The van der Waals surface area contributed by atoms with Crippen LogP contribution in [0.1, 0.15) is 60.5 Å². The molecule has 0 heterocycles. The topological polar surface area (TPSA) is 20.3 Å². The van der Waals surface area contributed by atoms with Crippen LogP contribution in [0.3, 0.4) is 0 Å². The minimum atomic E-state index is 0.295. The Hall–Kier alpha value is -2.61. The number of benzene rings is 3. The lowest BCUT2D eigenvalue weighted by molar-refractivity contribution is 0.0965. The van der Waals surface area contributed by atoms with Crippen molar-refractivity contribution < 1.29 is 4.79 Å². The number of ketones is 1. The van der Waals surface area contributed by atoms with Crippen molar-refractivity contribution in [3.63, 3.8) is 0 Å². The Morgan fingerprint density at radius 2 is 1.52 bits per heavy atom. The van der Waals surface area contributed by atoms with Crippen molar-refractivity contribution in [2.45, 2.75) is 50.6 Å². The molecule has 2 aliphatic carbocycles. The molecule has 2 nitrogen and oxygen atoms in total. The Kier molecular flexibility index (Phi) is 4.20. The summed E-state index contributed by atoms with van der Waals surface area (Å²) >= 11 is 0. The summed E-state index contributed by atoms with van der Waals surface area (Å²) in [7, 11) is 0. The number of anilines is 1. The van der Waals surface area contributed by atoms with Crippen LogP contribution >= 0.6 is 0 Å². The molecular formula is C25H25NO. The Balaban J connectivity index is 1.63. The lowest BCUT2D eigenvalue weighted by atomic mass is 9.84. The van der Waals surface area contributed by atoms with E-state index in [1.807, 2.05) is 12.1 Å². The first-order valence-electron chi connectivity index (χ1n) is 10.2. The lowest BCUT2D eigenvalue weighted by Crippen LogP contribution is -2.39. The molecule has 0 N–H and O–H groups in total. The predicted octanol–water partition coefficient (Wildman–Crippen LogP) is 6.31. The molecule has 1 saturated carbocycles. The van der Waals surface area contributed by atoms with Gasteiger partial charge in [-0.05, 0) is 47.7 Å². The monoisotopic (exact) mass is 355 g/mol. The molecule has 0 aliphatic heterocycles. The van der Waals surface area contributed by atoms with Crippen molar-refractivity contribution in [3.05, 3.63) is 77.9 Å². The quantitative estimate of drug-likeness (QED) is 0.549. The van der Waals surface area contributed by atoms with Crippen LogP contribution in [0.5, 0.6) is 0 Å². The van der Waals surface area contributed by atoms with E-state index in [4.69, 9.17) is 0 Å². The fourth-order valence-electron chi connectivity index (χ4n) is 5.05. The number of carbonyl (C=O) groups is 1. The first kappa shape index (κ1) is 16.6. The number of carbonyl (C=O) groups excluding carboxylic acids is 1. The molecule has 1 fully saturated rings. The highest BCUT2D eigenvalue weighted by Crippen LogP contribution is 2.42. The number of fused-ring (bicyclic) bond motifs is 2. The van der Waals surface area contributed by atoms with Gasteiger partial charge in [-0.2, -0.15) is 0 Å². The maximum atomic E-state index is 12.5. The fraction of sp³-hybridized carbons (Fsp3) is 0.320. The zero-order chi connectivity index (χ0) is 18.2. The van der Waals surface area contributed by atoms with Gasteiger partial charge in [0.05, 0.1) is 6.04 Å². The normalized spacial score (nSPS) is 20.0. The number of rotatable bonds is 3. The molecule has 0 aromatic heterocycles. The lowest BCUT2D eigenvalue weighted by Gasteiger charge is -2.41. The van der Waals surface area contributed by atoms with Gasteiger partial charge in [0.15, 0.2) is 5.78 Å². The highest BCUT2D eigenvalue weighted by molar-refractivity contribution is 5.99. The summed E-state index contributed by atoms with van der Waals surface area (Å²) in [5.74, 6) is 0.298. The molecule has 3 aromatic rings. The van der Waals surface area contributed by atoms with Gasteiger partial charge < -0.3 is 4.90 Å². The van der Waals surface area contributed by atoms with E-state index in [9.17, 15) is 4.79 Å². The molecule has 0 radical (unpaired) electrons. The third-order valence-corrected chi connectivity index (χ3v) is 6.35. The molecule has 0 saturated heterocycles. The number of hydrogen-bond donors (Lipinski definition) is 0. The molecular weight excluding hydrogens is 330 g/mol. The van der Waals surface area contributed by atoms with Crippen LogP contribution in [0, 0.1) is 0 Å². The van der Waals surface area contributed by atoms with E-state index in [2.05, 4.69) is 59.5 Å². The zero-order valence-electron chi connectivity index (χ0n) is 15.6. The van der Waals surface area contributed by atoms with Crippen LogP contribution in [0.2, 0.25) is 0 Å². The molecule has 1 atom stereocenters. The molecule has 5 rings (SSSR count). The molecule has 2 aliphatic rings. The number of hydrogen-bond acceptors (Lipinski definition) is 2. The van der Waals surface area contributed by atoms with E-state index in [1.165, 1.54) is 47.7 Å². The van der Waals surface area contributed by atoms with Crippen LogP contribution in [0.25, 0.3) is 10.8 Å². The maximum Gasteiger partial charge on any atom is 0.163 e. The van der Waals surface area contributed by atoms with Gasteiger partial charge in [0, 0.05) is 23.7 Å². The minimum Gasteiger partial charge on any atom is -0.361 e. The van der Waals surface area contributed by atoms with E-state index < -0.39 is 0 Å². The first-order chi connectivity index (χ1) is 13.3. The Morgan fingerprint density at radius 1 is 0.778 bits per heavy atom. The van der Waals surface area contributed by atoms with E-state index in [0.29, 0.717) is 24.3 Å². The Labute approximate surface area is 160 Å². The van der Waals surface area contributed by atoms with E-state index in [0.717, 1.165) is 12.0 Å². The molecule has 0 bridgehead atoms. The molecule has 0 spiro atoms. The second-order valence-corrected chi connectivity index (χ2v) is 7.94. The van der Waals surface area contributed by atoms with Gasteiger partial charge in [-0.15, -0.1) is 0 Å². The zero-order valence-corrected chi connectivity index (χ0v) is 15.6. The van der Waals surface area contributed by atoms with Gasteiger partial charge >= 0.3 is 0 Å². The molecule has 0 amide bonds. The van der Waals surface area contributed by atoms with Crippen molar-refractivity contribution in [2.75, 3.05) is 4.90 Å². The molecule has 2 heteroatoms. The summed E-state index contributed by atoms with van der Waals surface area (Å²) in [4.78, 5) is 15.1. The second-order valence-electron chi connectivity index (χ2n) is 7.94. The largest absolute Gasteiger partial charge is 0.361 e. The van der Waals surface area contributed by atoms with Crippen molar-refractivity contribution in [3.8, 4) is 0 Å². The third kappa shape index (κ3) is 2.93. The highest BCUT2D eigenvalue weighted by atomic mass is 16.1. The minimum absolute atomic E-state index is 0.295. The van der Waals surface area contributed by atoms with Crippen molar-refractivity contribution in [1.29, 1.82) is 0 Å². The van der Waals surface area contributed by atoms with Gasteiger partial charge in [0.1, 0.15) is 0 Å². The van der Waals surface area contributed by atoms with E-state index >= 15 is 0 Å². The Morgan fingerprint density at radius 3 is 2.37 bits per heavy atom. The number of Topliss-reactive ketones (excluding diaryl/α,β-unsaturated/α-hetero) is 1. The van der Waals surface area contributed by atoms with Gasteiger partial charge in [-0.25, -0.2) is 0 Å². The summed E-state index contributed by atoms with van der Waals surface area (Å²) in [6.45, 7) is 0. The van der Waals surface area contributed by atoms with Gasteiger partial charge in [0.2, 0.25) is 0 Å². The summed E-state index contributed by atoms with van der Waals surface area (Å²) in [6, 6.07) is 24.6. The van der Waals surface area contributed by atoms with Crippen molar-refractivity contribution >= 4 is 22.2 Å². The van der Waals surface area contributed by atoms with E-state index in [-0.39, 0.29) is 0 Å². The molecule has 136 valence electrons. The fourth-order valence-corrected chi connectivity index (χ4v) is 5.05. The smallest absolute Gasteiger partial charge is 0.163 e. The first-order valence-corrected chi connectivity index (χ1v) is 10.2. The second kappa shape index (κ2) is 6.84. The van der Waals surface area contributed by atoms with Crippen molar-refractivity contribution in [1.82, 2.24) is 0 Å². The van der Waals surface area contributed by atoms with Gasteiger partial charge in [-0.1, -0.05) is 67.4 Å². The summed E-state index contributed by atoms with van der Waals surface area (Å²) < 4.78 is 0. The van der Waals surface area contributed by atoms with Crippen LogP contribution in [0.15, 0.2) is 66.7 Å². The van der Waals surface area contributed by atoms with E-state index in [1.54, 1.807) is 0 Å². The van der Waals surface area contributed by atoms with Gasteiger partial charge in [0.25, 0.3) is 0 Å². The predicted molar refractivity (Wildman–Crippen MR) is 111 cm³/mol. The third-order valence-electron chi connectivity index (χ3n) is 6.35. The SMILES string of the molecule is O=C1CCC(N(c2ccc3ccccc3c2)C2CCCC2)c2ccccc21. The van der Waals surface area contributed by atoms with Gasteiger partial charge in [-0.3, -0.25) is 4.79 Å². The average Bonchev–Trinajstić information content (AvgIpc) is 3.24. The van der Waals surface area contributed by atoms with Crippen LogP contribution in [-0.2, 0) is 0 Å². The summed E-state index contributed by atoms with van der Waals surface area (Å²) in [6.07, 6.45) is 6.68.